The van der Waals surface area contributed by atoms with Gasteiger partial charge in [0.1, 0.15) is 37.0 Å². The van der Waals surface area contributed by atoms with Gasteiger partial charge in [0.15, 0.2) is 0 Å². The number of piperazine rings is 1. The molecule has 2 N–H and O–H groups in total. The van der Waals surface area contributed by atoms with Crippen molar-refractivity contribution in [3.05, 3.63) is 0 Å². The van der Waals surface area contributed by atoms with Crippen LogP contribution in [-0.4, -0.2) is 80.2 Å². The number of carbonyl (C=O) groups is 4. The third-order valence-corrected chi connectivity index (χ3v) is 6.25. The van der Waals surface area contributed by atoms with Crippen molar-refractivity contribution in [2.45, 2.75) is 90.4 Å². The monoisotopic (exact) mass is 392 g/mol. The molecule has 6 bridgehead atoms. The SMILES string of the molecule is CCC(=O)N1C2NC3C4NC2N(C(=O)CC)C1C(N3C(=O)CC)N4C(=O)CC. The number of nitrogens with one attached hydrogen (secondary N) is 2. The van der Waals surface area contributed by atoms with Crippen LogP contribution in [0.4, 0.5) is 0 Å². The van der Waals surface area contributed by atoms with Crippen LogP contribution in [0.15, 0.2) is 0 Å². The van der Waals surface area contributed by atoms with Gasteiger partial charge in [-0.1, -0.05) is 27.7 Å². The molecule has 28 heavy (non-hydrogen) atoms. The van der Waals surface area contributed by atoms with Gasteiger partial charge >= 0.3 is 0 Å². The lowest BCUT2D eigenvalue weighted by Gasteiger charge is -2.43. The summed E-state index contributed by atoms with van der Waals surface area (Å²) < 4.78 is 0. The fourth-order valence-corrected chi connectivity index (χ4v) is 5.09. The second kappa shape index (κ2) is 6.70. The highest BCUT2D eigenvalue weighted by molar-refractivity contribution is 5.85. The summed E-state index contributed by atoms with van der Waals surface area (Å²) in [5, 5.41) is 6.81. The summed E-state index contributed by atoms with van der Waals surface area (Å²) in [5.41, 5.74) is 0. The molecule has 10 heteroatoms. The van der Waals surface area contributed by atoms with E-state index in [0.717, 1.165) is 0 Å². The van der Waals surface area contributed by atoms with Crippen LogP contribution in [0.5, 0.6) is 0 Å². The average molecular weight is 392 g/mol. The van der Waals surface area contributed by atoms with Crippen LogP contribution in [0, 0.1) is 0 Å². The molecule has 5 aliphatic heterocycles. The number of hydrogen-bond donors (Lipinski definition) is 2. The number of nitrogens with zero attached hydrogens (tertiary/aromatic N) is 4. The molecule has 0 aromatic rings. The molecular formula is C18H28N6O4. The van der Waals surface area contributed by atoms with E-state index in [-0.39, 0.29) is 49.3 Å². The zero-order valence-corrected chi connectivity index (χ0v) is 16.7. The van der Waals surface area contributed by atoms with Crippen molar-refractivity contribution in [1.29, 1.82) is 0 Å². The van der Waals surface area contributed by atoms with Crippen molar-refractivity contribution < 1.29 is 19.2 Å². The third kappa shape index (κ3) is 2.27. The van der Waals surface area contributed by atoms with E-state index in [1.165, 1.54) is 0 Å². The van der Waals surface area contributed by atoms with Crippen LogP contribution in [0.2, 0.25) is 0 Å². The third-order valence-electron chi connectivity index (χ3n) is 6.25. The maximum Gasteiger partial charge on any atom is 0.225 e. The largest absolute Gasteiger partial charge is 0.299 e. The van der Waals surface area contributed by atoms with Crippen molar-refractivity contribution in [3.8, 4) is 0 Å². The molecule has 0 aliphatic carbocycles. The number of amides is 4. The van der Waals surface area contributed by atoms with Crippen LogP contribution >= 0.6 is 0 Å². The van der Waals surface area contributed by atoms with Gasteiger partial charge in [0.25, 0.3) is 0 Å². The molecule has 5 rings (SSSR count). The van der Waals surface area contributed by atoms with Crippen molar-refractivity contribution in [1.82, 2.24) is 30.2 Å². The molecule has 5 aliphatic rings. The van der Waals surface area contributed by atoms with E-state index in [1.807, 2.05) is 0 Å². The van der Waals surface area contributed by atoms with Crippen molar-refractivity contribution in [3.63, 3.8) is 0 Å². The molecule has 0 aromatic carbocycles. The van der Waals surface area contributed by atoms with E-state index in [1.54, 1.807) is 47.3 Å². The first kappa shape index (κ1) is 19.1. The van der Waals surface area contributed by atoms with E-state index in [0.29, 0.717) is 0 Å². The predicted molar refractivity (Wildman–Crippen MR) is 97.5 cm³/mol. The maximum atomic E-state index is 12.9. The first-order valence-electron chi connectivity index (χ1n) is 10.2. The minimum absolute atomic E-state index is 0.112. The summed E-state index contributed by atoms with van der Waals surface area (Å²) in [7, 11) is 0. The highest BCUT2D eigenvalue weighted by Crippen LogP contribution is 2.44. The number of rotatable bonds is 4. The molecule has 5 fully saturated rings. The zero-order valence-electron chi connectivity index (χ0n) is 16.7. The summed E-state index contributed by atoms with van der Waals surface area (Å²) in [6.07, 6.45) is -1.98. The Balaban J connectivity index is 1.90. The molecule has 4 atom stereocenters. The van der Waals surface area contributed by atoms with Crippen molar-refractivity contribution in [2.75, 3.05) is 0 Å². The van der Waals surface area contributed by atoms with E-state index in [9.17, 15) is 19.2 Å². The first-order valence-corrected chi connectivity index (χ1v) is 10.2. The molecule has 4 unspecified atom stereocenters. The van der Waals surface area contributed by atoms with E-state index in [2.05, 4.69) is 10.6 Å². The molecule has 4 amide bonds. The summed E-state index contributed by atoms with van der Waals surface area (Å²) in [5.74, 6) is -0.446. The number of carbonyl (C=O) groups excluding carboxylic acids is 4. The van der Waals surface area contributed by atoms with E-state index in [4.69, 9.17) is 0 Å². The smallest absolute Gasteiger partial charge is 0.225 e. The molecule has 0 saturated carbocycles. The van der Waals surface area contributed by atoms with E-state index >= 15 is 0 Å². The number of hydrogen-bond acceptors (Lipinski definition) is 6. The molecule has 0 aromatic heterocycles. The van der Waals surface area contributed by atoms with Crippen LogP contribution in [0.25, 0.3) is 0 Å². The summed E-state index contributed by atoms with van der Waals surface area (Å²) >= 11 is 0. The molecule has 10 nitrogen and oxygen atoms in total. The minimum atomic E-state index is -0.696. The van der Waals surface area contributed by atoms with Crippen LogP contribution < -0.4 is 10.6 Å². The zero-order chi connectivity index (χ0) is 20.3. The molecule has 5 heterocycles. The van der Waals surface area contributed by atoms with Gasteiger partial charge in [-0.2, -0.15) is 0 Å². The minimum Gasteiger partial charge on any atom is -0.299 e. The van der Waals surface area contributed by atoms with Gasteiger partial charge in [0, 0.05) is 25.7 Å². The highest BCUT2D eigenvalue weighted by atomic mass is 16.2. The Morgan fingerprint density at radius 1 is 0.536 bits per heavy atom. The topological polar surface area (TPSA) is 105 Å². The fraction of sp³-hybridized carbons (Fsp3) is 0.778. The van der Waals surface area contributed by atoms with Crippen LogP contribution in [0.1, 0.15) is 53.4 Å². The standard InChI is InChI=1S/C18H28N6O4/c1-5-9(25)21-13-14-20-16-15(19-13)23(11(27)7-3)18(24(16)12(28)8-4)17(21)22(14)10(26)6-2/h13-20H,5-8H2,1-4H3. The fourth-order valence-electron chi connectivity index (χ4n) is 5.09. The molecular weight excluding hydrogens is 364 g/mol. The van der Waals surface area contributed by atoms with Gasteiger partial charge in [0.2, 0.25) is 23.6 Å². The van der Waals surface area contributed by atoms with Crippen molar-refractivity contribution in [2.24, 2.45) is 0 Å². The van der Waals surface area contributed by atoms with Crippen LogP contribution in [0.3, 0.4) is 0 Å². The Bertz CT molecular complexity index is 613. The Labute approximate surface area is 164 Å². The lowest BCUT2D eigenvalue weighted by Crippen LogP contribution is -2.73. The Hall–Kier alpha value is -2.20. The van der Waals surface area contributed by atoms with Gasteiger partial charge in [-0.3, -0.25) is 49.4 Å². The average Bonchev–Trinajstić information content (AvgIpc) is 3.12. The Morgan fingerprint density at radius 2 is 0.750 bits per heavy atom. The maximum absolute atomic E-state index is 12.9. The quantitative estimate of drug-likeness (QED) is 0.645. The van der Waals surface area contributed by atoms with Gasteiger partial charge in [-0.25, -0.2) is 0 Å². The highest BCUT2D eigenvalue weighted by Gasteiger charge is 2.70. The Morgan fingerprint density at radius 3 is 0.929 bits per heavy atom. The molecule has 0 radical (unpaired) electrons. The second-order valence-corrected chi connectivity index (χ2v) is 7.56. The molecule has 5 saturated heterocycles. The lowest BCUT2D eigenvalue weighted by atomic mass is 10.1. The summed E-state index contributed by atoms with van der Waals surface area (Å²) in [6.45, 7) is 7.10. The summed E-state index contributed by atoms with van der Waals surface area (Å²) in [4.78, 5) is 58.2. The van der Waals surface area contributed by atoms with Gasteiger partial charge in [-0.05, 0) is 0 Å². The van der Waals surface area contributed by atoms with Crippen LogP contribution in [-0.2, 0) is 19.2 Å². The first-order chi connectivity index (χ1) is 13.4. The van der Waals surface area contributed by atoms with Crippen molar-refractivity contribution >= 4 is 23.6 Å². The molecule has 154 valence electrons. The Kier molecular flexibility index (Phi) is 4.58. The lowest BCUT2D eigenvalue weighted by molar-refractivity contribution is -0.154. The predicted octanol–water partition coefficient (Wildman–Crippen LogP) is -0.869. The van der Waals surface area contributed by atoms with E-state index < -0.39 is 37.0 Å². The van der Waals surface area contributed by atoms with Gasteiger partial charge < -0.3 is 0 Å². The normalized spacial score (nSPS) is 35.0. The second-order valence-electron chi connectivity index (χ2n) is 7.56. The summed E-state index contributed by atoms with van der Waals surface area (Å²) in [6, 6.07) is 0. The molecule has 0 spiro atoms. The van der Waals surface area contributed by atoms with Gasteiger partial charge in [0.05, 0.1) is 0 Å². The van der Waals surface area contributed by atoms with Gasteiger partial charge in [-0.15, -0.1) is 0 Å².